The molecule has 6 heteroatoms. The Balaban J connectivity index is 1.81. The van der Waals surface area contributed by atoms with E-state index in [1.807, 2.05) is 0 Å². The van der Waals surface area contributed by atoms with Crippen LogP contribution in [0.2, 0.25) is 0 Å². The molecule has 4 nitrogen and oxygen atoms in total. The van der Waals surface area contributed by atoms with Crippen LogP contribution in [0, 0.1) is 0 Å². The third-order valence-electron chi connectivity index (χ3n) is 4.52. The van der Waals surface area contributed by atoms with E-state index in [9.17, 15) is 5.11 Å². The van der Waals surface area contributed by atoms with Crippen molar-refractivity contribution in [1.82, 2.24) is 4.57 Å². The van der Waals surface area contributed by atoms with Crippen LogP contribution in [-0.4, -0.2) is 11.2 Å². The summed E-state index contributed by atoms with van der Waals surface area (Å²) in [6, 6.07) is 16.9. The molecule has 0 aliphatic carbocycles. The van der Waals surface area contributed by atoms with E-state index in [1.54, 1.807) is 22.7 Å². The molecule has 0 saturated heterocycles. The molecule has 0 bridgehead atoms. The van der Waals surface area contributed by atoms with Gasteiger partial charge >= 0.3 is 9.93 Å². The first-order valence-electron chi connectivity index (χ1n) is 8.86. The average molecular weight is 384 g/mol. The van der Waals surface area contributed by atoms with Crippen LogP contribution in [0.15, 0.2) is 53.5 Å². The number of fused-ring (bicyclic) bond motifs is 2. The second-order valence-electron chi connectivity index (χ2n) is 6.29. The van der Waals surface area contributed by atoms with Crippen molar-refractivity contribution in [2.75, 3.05) is 6.61 Å². The van der Waals surface area contributed by atoms with E-state index in [-0.39, 0.29) is 6.61 Å². The van der Waals surface area contributed by atoms with Gasteiger partial charge in [-0.3, -0.25) is 4.57 Å². The molecule has 0 amide bonds. The van der Waals surface area contributed by atoms with Gasteiger partial charge in [0.15, 0.2) is 0 Å². The van der Waals surface area contributed by atoms with Gasteiger partial charge in [-0.05, 0) is 42.0 Å². The quantitative estimate of drug-likeness (QED) is 0.371. The Kier molecular flexibility index (Phi) is 5.15. The Labute approximate surface area is 160 Å². The monoisotopic (exact) mass is 383 g/mol. The largest absolute Gasteiger partial charge is 0.854 e. The second kappa shape index (κ2) is 7.70. The molecule has 4 rings (SSSR count). The van der Waals surface area contributed by atoms with E-state index in [2.05, 4.69) is 64.7 Å². The predicted octanol–water partition coefficient (Wildman–Crippen LogP) is 3.51. The number of unbranched alkanes of at least 4 members (excludes halogenated alkanes) is 2. The van der Waals surface area contributed by atoms with Gasteiger partial charge in [0, 0.05) is 11.5 Å². The van der Waals surface area contributed by atoms with Gasteiger partial charge in [-0.1, -0.05) is 48.4 Å². The van der Waals surface area contributed by atoms with Crippen LogP contribution in [0.1, 0.15) is 19.3 Å². The minimum atomic E-state index is 0.0178. The first-order chi connectivity index (χ1) is 12.8. The molecule has 0 radical (unpaired) electrons. The van der Waals surface area contributed by atoms with E-state index in [0.29, 0.717) is 0 Å². The zero-order valence-corrected chi connectivity index (χ0v) is 16.4. The van der Waals surface area contributed by atoms with Crippen molar-refractivity contribution < 1.29 is 9.67 Å². The van der Waals surface area contributed by atoms with Gasteiger partial charge < -0.3 is 5.11 Å². The molecule has 0 aliphatic heterocycles. The highest BCUT2D eigenvalue weighted by atomic mass is 32.1. The zero-order chi connectivity index (χ0) is 17.9. The lowest BCUT2D eigenvalue weighted by Gasteiger charge is -2.05. The van der Waals surface area contributed by atoms with E-state index in [0.717, 1.165) is 35.7 Å². The molecule has 26 heavy (non-hydrogen) atoms. The Morgan fingerprint density at radius 1 is 0.962 bits per heavy atom. The molecular formula is C20H21N3OS2. The maximum atomic E-state index is 10.7. The van der Waals surface area contributed by atoms with E-state index in [4.69, 9.17) is 4.99 Å². The van der Waals surface area contributed by atoms with Gasteiger partial charge in [-0.2, -0.15) is 0 Å². The van der Waals surface area contributed by atoms with Gasteiger partial charge in [0.2, 0.25) is 0 Å². The molecule has 0 spiro atoms. The van der Waals surface area contributed by atoms with Crippen molar-refractivity contribution in [3.8, 4) is 0 Å². The van der Waals surface area contributed by atoms with Gasteiger partial charge in [0.25, 0.3) is 0 Å². The number of thiazole rings is 2. The van der Waals surface area contributed by atoms with Crippen LogP contribution in [0.4, 0.5) is 5.13 Å². The molecule has 0 N–H and O–H groups in total. The number of para-hydroxylation sites is 2. The SMILES string of the molecule is C[n+]1c(N=c2sc3ccccc3n2CCCCC[O-])sc2ccccc21. The molecule has 0 aliphatic rings. The minimum Gasteiger partial charge on any atom is -0.854 e. The topological polar surface area (TPSA) is 44.2 Å². The highest BCUT2D eigenvalue weighted by molar-refractivity contribution is 7.21. The standard InChI is InChI=1S/C20H21N3OS2/c1-22-15-9-3-5-11-17(15)25-19(22)21-20-23(13-7-2-8-14-24)16-10-4-6-12-18(16)26-20/h3-6,9-12H,2,7-8,13-14H2,1H3. The molecule has 4 aromatic rings. The Hall–Kier alpha value is -2.02. The summed E-state index contributed by atoms with van der Waals surface area (Å²) in [5, 5.41) is 11.7. The third-order valence-corrected chi connectivity index (χ3v) is 6.69. The van der Waals surface area contributed by atoms with Crippen molar-refractivity contribution in [2.45, 2.75) is 25.8 Å². The van der Waals surface area contributed by atoms with Crippen molar-refractivity contribution in [1.29, 1.82) is 0 Å². The predicted molar refractivity (Wildman–Crippen MR) is 107 cm³/mol. The highest BCUT2D eigenvalue weighted by Crippen LogP contribution is 2.26. The van der Waals surface area contributed by atoms with Crippen molar-refractivity contribution in [3.63, 3.8) is 0 Å². The summed E-state index contributed by atoms with van der Waals surface area (Å²) in [6.45, 7) is 0.918. The summed E-state index contributed by atoms with van der Waals surface area (Å²) < 4.78 is 6.96. The number of hydrogen-bond acceptors (Lipinski definition) is 4. The molecule has 0 fully saturated rings. The maximum Gasteiger partial charge on any atom is 0.386 e. The lowest BCUT2D eigenvalue weighted by atomic mass is 10.2. The van der Waals surface area contributed by atoms with E-state index >= 15 is 0 Å². The fourth-order valence-corrected chi connectivity index (χ4v) is 5.28. The van der Waals surface area contributed by atoms with Gasteiger partial charge in [0.1, 0.15) is 5.52 Å². The number of aryl methyl sites for hydroxylation is 2. The fraction of sp³-hybridized carbons (Fsp3) is 0.300. The first-order valence-corrected chi connectivity index (χ1v) is 10.5. The van der Waals surface area contributed by atoms with Crippen LogP contribution < -0.4 is 14.5 Å². The second-order valence-corrected chi connectivity index (χ2v) is 8.31. The zero-order valence-electron chi connectivity index (χ0n) is 14.7. The molecule has 0 unspecified atom stereocenters. The average Bonchev–Trinajstić information content (AvgIpc) is 3.17. The van der Waals surface area contributed by atoms with Crippen LogP contribution in [0.5, 0.6) is 0 Å². The lowest BCUT2D eigenvalue weighted by Crippen LogP contribution is -2.27. The number of nitrogens with zero attached hydrogens (tertiary/aromatic N) is 3. The summed E-state index contributed by atoms with van der Waals surface area (Å²) in [4.78, 5) is 6.04. The molecule has 2 aromatic heterocycles. The summed E-state index contributed by atoms with van der Waals surface area (Å²) in [5.41, 5.74) is 2.43. The van der Waals surface area contributed by atoms with E-state index in [1.165, 1.54) is 20.4 Å². The number of hydrogen-bond donors (Lipinski definition) is 0. The van der Waals surface area contributed by atoms with Crippen molar-refractivity contribution in [2.24, 2.45) is 12.0 Å². The van der Waals surface area contributed by atoms with Gasteiger partial charge in [-0.15, -0.1) is 6.61 Å². The molecule has 2 heterocycles. The number of rotatable bonds is 6. The molecule has 0 atom stereocenters. The van der Waals surface area contributed by atoms with Crippen LogP contribution in [0.25, 0.3) is 20.4 Å². The highest BCUT2D eigenvalue weighted by Gasteiger charge is 2.17. The van der Waals surface area contributed by atoms with Crippen molar-refractivity contribution in [3.05, 3.63) is 53.3 Å². The maximum absolute atomic E-state index is 10.7. The molecule has 0 saturated carbocycles. The van der Waals surface area contributed by atoms with Gasteiger partial charge in [-0.25, -0.2) is 4.57 Å². The molecule has 134 valence electrons. The number of aromatic nitrogens is 2. The Bertz CT molecular complexity index is 1110. The van der Waals surface area contributed by atoms with Crippen molar-refractivity contribution >= 4 is 48.2 Å². The number of benzene rings is 2. The smallest absolute Gasteiger partial charge is 0.386 e. The van der Waals surface area contributed by atoms with Crippen LogP contribution >= 0.6 is 22.7 Å². The normalized spacial score (nSPS) is 12.5. The molecular weight excluding hydrogens is 362 g/mol. The Morgan fingerprint density at radius 2 is 1.73 bits per heavy atom. The molecule has 2 aromatic carbocycles. The summed E-state index contributed by atoms with van der Waals surface area (Å²) in [5.74, 6) is 0. The fourth-order valence-electron chi connectivity index (χ4n) is 3.14. The summed E-state index contributed by atoms with van der Waals surface area (Å²) in [6.07, 6.45) is 2.73. The van der Waals surface area contributed by atoms with Crippen LogP contribution in [0.3, 0.4) is 0 Å². The third kappa shape index (κ3) is 3.32. The first kappa shape index (κ1) is 17.4. The Morgan fingerprint density at radius 3 is 2.54 bits per heavy atom. The minimum absolute atomic E-state index is 0.0178. The van der Waals surface area contributed by atoms with Crippen LogP contribution in [-0.2, 0) is 13.6 Å². The summed E-state index contributed by atoms with van der Waals surface area (Å²) >= 11 is 3.45. The lowest BCUT2D eigenvalue weighted by molar-refractivity contribution is -0.627. The van der Waals surface area contributed by atoms with Gasteiger partial charge in [0.05, 0.1) is 22.0 Å². The summed E-state index contributed by atoms with van der Waals surface area (Å²) in [7, 11) is 2.07. The van der Waals surface area contributed by atoms with E-state index < -0.39 is 0 Å².